The van der Waals surface area contributed by atoms with Crippen molar-refractivity contribution in [3.05, 3.63) is 74.9 Å². The highest BCUT2D eigenvalue weighted by molar-refractivity contribution is 7.89. The van der Waals surface area contributed by atoms with Gasteiger partial charge in [-0.05, 0) is 67.4 Å². The summed E-state index contributed by atoms with van der Waals surface area (Å²) in [5, 5.41) is 0.427. The number of hydrogen-bond donors (Lipinski definition) is 0. The van der Waals surface area contributed by atoms with Gasteiger partial charge < -0.3 is 19.1 Å². The fourth-order valence-electron chi connectivity index (χ4n) is 3.83. The molecule has 0 aliphatic heterocycles. The van der Waals surface area contributed by atoms with Gasteiger partial charge in [0.1, 0.15) is 0 Å². The van der Waals surface area contributed by atoms with Crippen molar-refractivity contribution in [3.63, 3.8) is 0 Å². The maximum absolute atomic E-state index is 13.6. The van der Waals surface area contributed by atoms with Gasteiger partial charge in [0.25, 0.3) is 0 Å². The third-order valence-electron chi connectivity index (χ3n) is 5.92. The second kappa shape index (κ2) is 14.0. The second-order valence-electron chi connectivity index (χ2n) is 8.55. The number of hydrogen-bond acceptors (Lipinski definition) is 7. The summed E-state index contributed by atoms with van der Waals surface area (Å²) in [6, 6.07) is 15.5. The summed E-state index contributed by atoms with van der Waals surface area (Å²) >= 11 is 7.56. The molecular weight excluding hydrogens is 548 g/mol. The van der Waals surface area contributed by atoms with Gasteiger partial charge in [0.15, 0.2) is 11.5 Å². The number of thiophene rings is 1. The number of nitrogens with zero attached hydrogens (tertiary/aromatic N) is 2. The van der Waals surface area contributed by atoms with E-state index < -0.39 is 10.0 Å². The summed E-state index contributed by atoms with van der Waals surface area (Å²) < 4.78 is 43.8. The molecule has 0 saturated carbocycles. The molecule has 11 heteroatoms. The fraction of sp³-hybridized carbons (Fsp3) is 0.370. The van der Waals surface area contributed by atoms with Gasteiger partial charge in [-0.25, -0.2) is 8.42 Å². The normalized spacial score (nSPS) is 11.5. The Morgan fingerprint density at radius 2 is 1.66 bits per heavy atom. The summed E-state index contributed by atoms with van der Waals surface area (Å²) in [6.45, 7) is 2.65. The van der Waals surface area contributed by atoms with Crippen LogP contribution in [0.25, 0.3) is 0 Å². The van der Waals surface area contributed by atoms with E-state index in [4.69, 9.17) is 25.8 Å². The van der Waals surface area contributed by atoms with E-state index in [1.54, 1.807) is 30.5 Å². The van der Waals surface area contributed by atoms with Crippen LogP contribution in [0.3, 0.4) is 0 Å². The maximum Gasteiger partial charge on any atom is 0.243 e. The van der Waals surface area contributed by atoms with Crippen molar-refractivity contribution in [3.8, 4) is 11.5 Å². The molecule has 0 N–H and O–H groups in total. The number of carbonyl (C=O) groups is 1. The first-order valence-electron chi connectivity index (χ1n) is 12.0. The van der Waals surface area contributed by atoms with E-state index in [0.29, 0.717) is 36.0 Å². The van der Waals surface area contributed by atoms with E-state index in [1.165, 1.54) is 31.4 Å². The second-order valence-corrected chi connectivity index (χ2v) is 12.3. The van der Waals surface area contributed by atoms with Gasteiger partial charge in [0.2, 0.25) is 15.9 Å². The summed E-state index contributed by atoms with van der Waals surface area (Å²) in [5.41, 5.74) is 0.966. The lowest BCUT2D eigenvalue weighted by Gasteiger charge is -2.27. The first-order valence-corrected chi connectivity index (χ1v) is 14.6. The van der Waals surface area contributed by atoms with Crippen LogP contribution < -0.4 is 9.47 Å². The lowest BCUT2D eigenvalue weighted by atomic mass is 10.1. The minimum Gasteiger partial charge on any atom is -0.493 e. The van der Waals surface area contributed by atoms with Crippen LogP contribution in [0.4, 0.5) is 0 Å². The molecule has 1 amide bonds. The zero-order chi connectivity index (χ0) is 27.7. The Morgan fingerprint density at radius 3 is 2.26 bits per heavy atom. The van der Waals surface area contributed by atoms with Gasteiger partial charge in [0.05, 0.1) is 38.8 Å². The molecule has 3 aromatic rings. The van der Waals surface area contributed by atoms with Gasteiger partial charge in [0, 0.05) is 35.0 Å². The number of methoxy groups -OCH3 is 3. The third-order valence-corrected chi connectivity index (χ3v) is 9.02. The lowest BCUT2D eigenvalue weighted by molar-refractivity contribution is -0.132. The largest absolute Gasteiger partial charge is 0.493 e. The summed E-state index contributed by atoms with van der Waals surface area (Å²) in [7, 11) is 0.691. The zero-order valence-corrected chi connectivity index (χ0v) is 24.4. The summed E-state index contributed by atoms with van der Waals surface area (Å²) in [6.07, 6.45) is 0.554. The quantitative estimate of drug-likeness (QED) is 0.276. The minimum absolute atomic E-state index is 0.0365. The van der Waals surface area contributed by atoms with Crippen molar-refractivity contribution in [2.24, 2.45) is 0 Å². The summed E-state index contributed by atoms with van der Waals surface area (Å²) in [5.74, 6) is 0.932. The number of aryl methyl sites for hydroxylation is 1. The topological polar surface area (TPSA) is 85.4 Å². The molecule has 0 fully saturated rings. The average molecular weight is 581 g/mol. The number of benzene rings is 2. The molecule has 0 aliphatic rings. The van der Waals surface area contributed by atoms with Crippen molar-refractivity contribution in [1.82, 2.24) is 9.21 Å². The van der Waals surface area contributed by atoms with E-state index in [2.05, 4.69) is 0 Å². The van der Waals surface area contributed by atoms with Crippen molar-refractivity contribution in [2.45, 2.75) is 24.8 Å². The first-order chi connectivity index (χ1) is 18.2. The predicted molar refractivity (Wildman–Crippen MR) is 150 cm³/mol. The number of carbonyl (C=O) groups excluding carboxylic acids is 1. The Morgan fingerprint density at radius 1 is 0.947 bits per heavy atom. The number of rotatable bonds is 14. The monoisotopic (exact) mass is 580 g/mol. The van der Waals surface area contributed by atoms with Gasteiger partial charge >= 0.3 is 0 Å². The van der Waals surface area contributed by atoms with Gasteiger partial charge in [-0.1, -0.05) is 17.7 Å². The molecule has 38 heavy (non-hydrogen) atoms. The van der Waals surface area contributed by atoms with Gasteiger partial charge in [-0.2, -0.15) is 4.31 Å². The summed E-state index contributed by atoms with van der Waals surface area (Å²) in [4.78, 5) is 17.5. The molecule has 3 rings (SSSR count). The fourth-order valence-corrected chi connectivity index (χ4v) is 6.24. The van der Waals surface area contributed by atoms with Gasteiger partial charge in [-0.15, -0.1) is 11.3 Å². The van der Waals surface area contributed by atoms with Crippen LogP contribution in [-0.4, -0.2) is 71.1 Å². The van der Waals surface area contributed by atoms with Crippen LogP contribution in [0.5, 0.6) is 11.5 Å². The van der Waals surface area contributed by atoms with E-state index in [9.17, 15) is 13.2 Å². The van der Waals surface area contributed by atoms with E-state index in [1.807, 2.05) is 37.3 Å². The Kier molecular flexibility index (Phi) is 11.0. The molecule has 8 nitrogen and oxygen atoms in total. The first kappa shape index (κ1) is 29.9. The molecule has 0 bridgehead atoms. The van der Waals surface area contributed by atoms with Crippen LogP contribution in [0.1, 0.15) is 15.3 Å². The number of sulfonamides is 1. The highest BCUT2D eigenvalue weighted by Gasteiger charge is 2.28. The molecule has 1 heterocycles. The molecule has 1 aromatic heterocycles. The lowest BCUT2D eigenvalue weighted by Crippen LogP contribution is -2.44. The van der Waals surface area contributed by atoms with E-state index in [-0.39, 0.29) is 30.5 Å². The highest BCUT2D eigenvalue weighted by atomic mass is 35.5. The van der Waals surface area contributed by atoms with Crippen molar-refractivity contribution < 1.29 is 27.4 Å². The van der Waals surface area contributed by atoms with Crippen LogP contribution in [0, 0.1) is 6.92 Å². The van der Waals surface area contributed by atoms with Crippen LogP contribution in [0.15, 0.2) is 59.5 Å². The van der Waals surface area contributed by atoms with Crippen molar-refractivity contribution in [1.29, 1.82) is 0 Å². The molecule has 0 saturated heterocycles. The smallest absolute Gasteiger partial charge is 0.243 e. The van der Waals surface area contributed by atoms with E-state index in [0.717, 1.165) is 19.6 Å². The van der Waals surface area contributed by atoms with Crippen LogP contribution in [-0.2, 0) is 32.5 Å². The Labute approximate surface area is 233 Å². The number of halogens is 1. The molecule has 0 spiro atoms. The minimum atomic E-state index is -3.95. The Bertz CT molecular complexity index is 1310. The third kappa shape index (κ3) is 7.94. The number of amides is 1. The zero-order valence-electron chi connectivity index (χ0n) is 22.0. The molecular formula is C27H33ClN2O6S2. The molecule has 206 valence electrons. The van der Waals surface area contributed by atoms with Crippen molar-refractivity contribution >= 4 is 38.9 Å². The number of ether oxygens (including phenoxy) is 3. The van der Waals surface area contributed by atoms with E-state index >= 15 is 0 Å². The Balaban J connectivity index is 1.84. The molecule has 2 aromatic carbocycles. The molecule has 0 unspecified atom stereocenters. The SMILES string of the molecule is COCCN(CC(=O)N(CCc1ccc(OC)c(OC)c1)Cc1ccc(C)s1)S(=O)(=O)c1ccc(Cl)cc1. The maximum atomic E-state index is 13.6. The van der Waals surface area contributed by atoms with Gasteiger partial charge in [-0.3, -0.25) is 4.79 Å². The van der Waals surface area contributed by atoms with Crippen LogP contribution in [0.2, 0.25) is 5.02 Å². The predicted octanol–water partition coefficient (Wildman–Crippen LogP) is 4.64. The highest BCUT2D eigenvalue weighted by Crippen LogP contribution is 2.28. The molecule has 0 aliphatic carbocycles. The molecule has 0 atom stereocenters. The standard InChI is InChI=1S/C27H33ClN2O6S2/c1-20-5-9-23(37-20)18-29(14-13-21-6-12-25(35-3)26(17-21)36-4)27(31)19-30(15-16-34-2)38(32,33)24-10-7-22(28)8-11-24/h5-12,17H,13-16,18-19H2,1-4H3. The van der Waals surface area contributed by atoms with Crippen LogP contribution >= 0.6 is 22.9 Å². The Hall–Kier alpha value is -2.63. The molecule has 0 radical (unpaired) electrons. The average Bonchev–Trinajstić information content (AvgIpc) is 3.33. The van der Waals surface area contributed by atoms with Crippen molar-refractivity contribution in [2.75, 3.05) is 47.6 Å².